The first-order valence-electron chi connectivity index (χ1n) is 10.3. The van der Waals surface area contributed by atoms with Gasteiger partial charge in [0.1, 0.15) is 5.82 Å². The van der Waals surface area contributed by atoms with Crippen LogP contribution in [0.25, 0.3) is 0 Å². The fourth-order valence-electron chi connectivity index (χ4n) is 3.34. The molecule has 1 amide bonds. The highest BCUT2D eigenvalue weighted by atomic mass is 79.9. The molecule has 1 saturated heterocycles. The number of hydrogen-bond donors (Lipinski definition) is 1. The number of hydrogen-bond acceptors (Lipinski definition) is 3. The Morgan fingerprint density at radius 3 is 2.53 bits per heavy atom. The van der Waals surface area contributed by atoms with Crippen molar-refractivity contribution in [3.05, 3.63) is 70.0 Å². The molecule has 1 aromatic carbocycles. The predicted octanol–water partition coefficient (Wildman–Crippen LogP) is 4.49. The van der Waals surface area contributed by atoms with Crippen LogP contribution in [0.3, 0.4) is 0 Å². The summed E-state index contributed by atoms with van der Waals surface area (Å²) in [6.45, 7) is 6.51. The molecule has 1 aliphatic rings. The summed E-state index contributed by atoms with van der Waals surface area (Å²) in [5, 5.41) is 2.64. The van der Waals surface area contributed by atoms with Crippen LogP contribution in [0.2, 0.25) is 0 Å². The molecule has 0 unspecified atom stereocenters. The summed E-state index contributed by atoms with van der Waals surface area (Å²) < 4.78 is 54.8. The van der Waals surface area contributed by atoms with Gasteiger partial charge in [-0.3, -0.25) is 9.69 Å². The van der Waals surface area contributed by atoms with Gasteiger partial charge in [-0.05, 0) is 36.7 Å². The fourth-order valence-corrected chi connectivity index (χ4v) is 3.67. The predicted molar refractivity (Wildman–Crippen MR) is 122 cm³/mol. The van der Waals surface area contributed by atoms with Crippen molar-refractivity contribution in [3.63, 3.8) is 0 Å². The Labute approximate surface area is 194 Å². The minimum absolute atomic E-state index is 0.0795. The van der Waals surface area contributed by atoms with E-state index in [-0.39, 0.29) is 37.4 Å². The van der Waals surface area contributed by atoms with Crippen LogP contribution >= 0.6 is 15.9 Å². The minimum atomic E-state index is -4.51. The Morgan fingerprint density at radius 2 is 1.94 bits per heavy atom. The van der Waals surface area contributed by atoms with E-state index in [2.05, 4.69) is 32.7 Å². The van der Waals surface area contributed by atoms with Crippen LogP contribution in [-0.2, 0) is 11.2 Å². The molecule has 1 heterocycles. The monoisotopic (exact) mass is 517 g/mol. The maximum absolute atomic E-state index is 13.8. The van der Waals surface area contributed by atoms with Gasteiger partial charge in [-0.15, -0.1) is 0 Å². The molecular formula is C23H28BrF4N3O. The molecule has 1 N–H and O–H groups in total. The molecule has 176 valence electrons. The number of halogens is 5. The number of piperazine rings is 1. The lowest BCUT2D eigenvalue weighted by Gasteiger charge is -2.33. The third-order valence-electron chi connectivity index (χ3n) is 5.22. The Morgan fingerprint density at radius 1 is 1.25 bits per heavy atom. The lowest BCUT2D eigenvalue weighted by Crippen LogP contribution is -2.45. The van der Waals surface area contributed by atoms with Gasteiger partial charge < -0.3 is 10.2 Å². The number of carbonyl (C=O) groups excluding carboxylic acids is 1. The molecule has 0 aromatic heterocycles. The van der Waals surface area contributed by atoms with E-state index in [1.807, 2.05) is 11.9 Å². The molecule has 1 aliphatic heterocycles. The maximum atomic E-state index is 13.8. The second-order valence-electron chi connectivity index (χ2n) is 7.66. The van der Waals surface area contributed by atoms with Crippen molar-refractivity contribution < 1.29 is 22.4 Å². The van der Waals surface area contributed by atoms with Crippen molar-refractivity contribution in [1.29, 1.82) is 0 Å². The average Bonchev–Trinajstić information content (AvgIpc) is 2.71. The Balaban J connectivity index is 1.95. The molecule has 1 aromatic rings. The Hall–Kier alpha value is -1.97. The summed E-state index contributed by atoms with van der Waals surface area (Å²) in [5.74, 6) is -0.698. The fraction of sp³-hybridized carbons (Fsp3) is 0.435. The van der Waals surface area contributed by atoms with Crippen molar-refractivity contribution in [3.8, 4) is 0 Å². The second kappa shape index (κ2) is 12.3. The highest BCUT2D eigenvalue weighted by Gasteiger charge is 2.34. The molecule has 32 heavy (non-hydrogen) atoms. The van der Waals surface area contributed by atoms with Gasteiger partial charge in [-0.2, -0.15) is 13.2 Å². The van der Waals surface area contributed by atoms with Gasteiger partial charge >= 0.3 is 6.18 Å². The molecule has 9 heteroatoms. The van der Waals surface area contributed by atoms with E-state index < -0.39 is 17.6 Å². The number of likely N-dealkylation sites (N-methyl/N-ethyl adjacent to an activating group) is 1. The van der Waals surface area contributed by atoms with E-state index in [0.717, 1.165) is 19.2 Å². The maximum Gasteiger partial charge on any atom is 0.416 e. The average molecular weight is 518 g/mol. The van der Waals surface area contributed by atoms with Gasteiger partial charge in [0.15, 0.2) is 0 Å². The number of carbonyl (C=O) groups is 1. The van der Waals surface area contributed by atoms with Gasteiger partial charge in [0.05, 0.1) is 5.57 Å². The van der Waals surface area contributed by atoms with Crippen LogP contribution in [0, 0.1) is 5.82 Å². The zero-order valence-electron chi connectivity index (χ0n) is 18.0. The number of allylic oxidation sites excluding steroid dienone is 2. The SMILES string of the molecule is C=C/C(=C(\C=C/CNC(=O)CCc1ccc(Br)cc1F)CN1CCN(C)CC1)C(F)(F)F. The summed E-state index contributed by atoms with van der Waals surface area (Å²) >= 11 is 3.18. The molecule has 0 saturated carbocycles. The van der Waals surface area contributed by atoms with E-state index in [9.17, 15) is 22.4 Å². The Kier molecular flexibility index (Phi) is 10.1. The van der Waals surface area contributed by atoms with Crippen LogP contribution in [-0.4, -0.2) is 68.2 Å². The number of aryl methyl sites for hydroxylation is 1. The smallest absolute Gasteiger partial charge is 0.353 e. The highest BCUT2D eigenvalue weighted by Crippen LogP contribution is 2.30. The summed E-state index contributed by atoms with van der Waals surface area (Å²) in [6.07, 6.45) is -0.460. The molecule has 0 atom stereocenters. The number of amides is 1. The number of nitrogens with zero attached hydrogens (tertiary/aromatic N) is 2. The first kappa shape index (κ1) is 26.3. The van der Waals surface area contributed by atoms with E-state index in [0.29, 0.717) is 23.1 Å². The third-order valence-corrected chi connectivity index (χ3v) is 5.71. The quantitative estimate of drug-likeness (QED) is 0.387. The Bertz CT molecular complexity index is 859. The summed E-state index contributed by atoms with van der Waals surface area (Å²) in [7, 11) is 1.98. The summed E-state index contributed by atoms with van der Waals surface area (Å²) in [4.78, 5) is 16.1. The molecule has 0 bridgehead atoms. The second-order valence-corrected chi connectivity index (χ2v) is 8.58. The number of nitrogens with one attached hydrogen (secondary N) is 1. The summed E-state index contributed by atoms with van der Waals surface area (Å²) in [5.41, 5.74) is -0.231. The van der Waals surface area contributed by atoms with Gasteiger partial charge in [-0.25, -0.2) is 4.39 Å². The highest BCUT2D eigenvalue weighted by molar-refractivity contribution is 9.10. The minimum Gasteiger partial charge on any atom is -0.353 e. The van der Waals surface area contributed by atoms with Crippen molar-refractivity contribution in [1.82, 2.24) is 15.1 Å². The first-order valence-corrected chi connectivity index (χ1v) is 11.1. The van der Waals surface area contributed by atoms with Crippen molar-refractivity contribution in [2.45, 2.75) is 19.0 Å². The topological polar surface area (TPSA) is 35.6 Å². The molecular weight excluding hydrogens is 490 g/mol. The zero-order valence-corrected chi connectivity index (χ0v) is 19.6. The number of rotatable bonds is 9. The third kappa shape index (κ3) is 8.52. The first-order chi connectivity index (χ1) is 15.1. The normalized spacial score (nSPS) is 16.8. The molecule has 4 nitrogen and oxygen atoms in total. The molecule has 0 spiro atoms. The molecule has 0 radical (unpaired) electrons. The standard InChI is InChI=1S/C23H28BrF4N3O/c1-3-20(23(26,27)28)18(16-31-13-11-30(2)12-14-31)5-4-10-29-22(32)9-7-17-6-8-19(24)15-21(17)25/h3-6,8,15H,1,7,9-14,16H2,2H3,(H,29,32)/b5-4-,20-18-. The number of alkyl halides is 3. The number of benzene rings is 1. The van der Waals surface area contributed by atoms with Gasteiger partial charge in [0.25, 0.3) is 0 Å². The van der Waals surface area contributed by atoms with Crippen LogP contribution in [0.5, 0.6) is 0 Å². The van der Waals surface area contributed by atoms with E-state index in [1.54, 1.807) is 12.1 Å². The van der Waals surface area contributed by atoms with Crippen LogP contribution in [0.1, 0.15) is 12.0 Å². The van der Waals surface area contributed by atoms with Crippen LogP contribution in [0.4, 0.5) is 17.6 Å². The lowest BCUT2D eigenvalue weighted by molar-refractivity contribution is -0.120. The van der Waals surface area contributed by atoms with Gasteiger partial charge in [0, 0.05) is 50.2 Å². The van der Waals surface area contributed by atoms with E-state index in [4.69, 9.17) is 0 Å². The van der Waals surface area contributed by atoms with Crippen molar-refractivity contribution >= 4 is 21.8 Å². The summed E-state index contributed by atoms with van der Waals surface area (Å²) in [6, 6.07) is 4.64. The molecule has 0 aliphatic carbocycles. The van der Waals surface area contributed by atoms with Crippen molar-refractivity contribution in [2.75, 3.05) is 46.3 Å². The van der Waals surface area contributed by atoms with E-state index in [1.165, 1.54) is 18.2 Å². The molecule has 2 rings (SSSR count). The molecule has 1 fully saturated rings. The van der Waals surface area contributed by atoms with Gasteiger partial charge in [-0.1, -0.05) is 46.8 Å². The van der Waals surface area contributed by atoms with Gasteiger partial charge in [0.2, 0.25) is 5.91 Å². The van der Waals surface area contributed by atoms with Crippen molar-refractivity contribution in [2.24, 2.45) is 0 Å². The van der Waals surface area contributed by atoms with Crippen LogP contribution in [0.15, 0.2) is 58.6 Å². The van der Waals surface area contributed by atoms with Crippen LogP contribution < -0.4 is 5.32 Å². The zero-order chi connectivity index (χ0) is 23.7. The van der Waals surface area contributed by atoms with E-state index >= 15 is 0 Å². The largest absolute Gasteiger partial charge is 0.416 e. The lowest BCUT2D eigenvalue weighted by atomic mass is 10.1.